The number of anilines is 1. The first kappa shape index (κ1) is 17.3. The lowest BCUT2D eigenvalue weighted by Gasteiger charge is -2.29. The van der Waals surface area contributed by atoms with E-state index >= 15 is 0 Å². The number of hydrogen-bond donors (Lipinski definition) is 0. The van der Waals surface area contributed by atoms with E-state index in [-0.39, 0.29) is 11.8 Å². The van der Waals surface area contributed by atoms with Gasteiger partial charge in [0.1, 0.15) is 5.70 Å². The average molecular weight is 389 g/mol. The van der Waals surface area contributed by atoms with E-state index in [0.29, 0.717) is 48.3 Å². The molecule has 2 aromatic rings. The molecule has 3 heterocycles. The van der Waals surface area contributed by atoms with Gasteiger partial charge in [0, 0.05) is 23.0 Å². The summed E-state index contributed by atoms with van der Waals surface area (Å²) >= 11 is 7.68. The predicted octanol–water partition coefficient (Wildman–Crippen LogP) is 3.33. The van der Waals surface area contributed by atoms with Crippen molar-refractivity contribution in [3.8, 4) is 0 Å². The fourth-order valence-electron chi connectivity index (χ4n) is 3.20. The van der Waals surface area contributed by atoms with E-state index in [1.54, 1.807) is 12.1 Å². The standard InChI is InChI=1S/C19H17ClN2O3S/c1-12-4-5-13(11-14(12)20)22-18(23)16(15-3-2-10-26-15)17(19(22)24)21-6-8-25-9-7-21/h2-5,10-11H,6-9H2,1H3. The number of aryl methyl sites for hydroxylation is 1. The number of carbonyl (C=O) groups excluding carboxylic acids is 2. The molecule has 2 amide bonds. The van der Waals surface area contributed by atoms with E-state index in [1.165, 1.54) is 16.2 Å². The number of thiophene rings is 1. The first-order valence-electron chi connectivity index (χ1n) is 8.33. The van der Waals surface area contributed by atoms with Crippen LogP contribution in [0, 0.1) is 6.92 Å². The fraction of sp³-hybridized carbons (Fsp3) is 0.263. The summed E-state index contributed by atoms with van der Waals surface area (Å²) in [5.41, 5.74) is 2.31. The molecule has 2 aliphatic heterocycles. The SMILES string of the molecule is Cc1ccc(N2C(=O)C(c3cccs3)=C(N3CCOCC3)C2=O)cc1Cl. The highest BCUT2D eigenvalue weighted by Crippen LogP contribution is 2.37. The van der Waals surface area contributed by atoms with Crippen molar-refractivity contribution < 1.29 is 14.3 Å². The van der Waals surface area contributed by atoms with Crippen molar-refractivity contribution in [1.29, 1.82) is 0 Å². The van der Waals surface area contributed by atoms with Crippen LogP contribution in [0.15, 0.2) is 41.4 Å². The number of carbonyl (C=O) groups is 2. The van der Waals surface area contributed by atoms with Crippen LogP contribution in [0.3, 0.4) is 0 Å². The van der Waals surface area contributed by atoms with Crippen molar-refractivity contribution in [2.75, 3.05) is 31.2 Å². The minimum Gasteiger partial charge on any atom is -0.378 e. The van der Waals surface area contributed by atoms with Crippen LogP contribution in [-0.2, 0) is 14.3 Å². The molecule has 0 spiro atoms. The number of benzene rings is 1. The quantitative estimate of drug-likeness (QED) is 0.757. The summed E-state index contributed by atoms with van der Waals surface area (Å²) in [7, 11) is 0. The van der Waals surface area contributed by atoms with E-state index < -0.39 is 0 Å². The summed E-state index contributed by atoms with van der Waals surface area (Å²) in [5, 5.41) is 2.43. The van der Waals surface area contributed by atoms with Crippen LogP contribution in [0.25, 0.3) is 5.57 Å². The van der Waals surface area contributed by atoms with Crippen molar-refractivity contribution in [3.63, 3.8) is 0 Å². The van der Waals surface area contributed by atoms with Crippen LogP contribution in [0.5, 0.6) is 0 Å². The normalized spacial score (nSPS) is 18.2. The highest BCUT2D eigenvalue weighted by molar-refractivity contribution is 7.11. The molecule has 1 aromatic carbocycles. The topological polar surface area (TPSA) is 49.9 Å². The van der Waals surface area contributed by atoms with Gasteiger partial charge in [-0.3, -0.25) is 9.59 Å². The van der Waals surface area contributed by atoms with Gasteiger partial charge in [-0.05, 0) is 36.1 Å². The number of halogens is 1. The Morgan fingerprint density at radius 3 is 2.54 bits per heavy atom. The Morgan fingerprint density at radius 2 is 1.88 bits per heavy atom. The molecule has 0 unspecified atom stereocenters. The number of morpholine rings is 1. The molecular formula is C19H17ClN2O3S. The first-order valence-corrected chi connectivity index (χ1v) is 9.59. The molecule has 0 N–H and O–H groups in total. The summed E-state index contributed by atoms with van der Waals surface area (Å²) in [6.07, 6.45) is 0. The summed E-state index contributed by atoms with van der Waals surface area (Å²) in [6.45, 7) is 4.14. The Morgan fingerprint density at radius 1 is 1.12 bits per heavy atom. The molecule has 0 radical (unpaired) electrons. The van der Waals surface area contributed by atoms with Crippen LogP contribution >= 0.6 is 22.9 Å². The van der Waals surface area contributed by atoms with Gasteiger partial charge < -0.3 is 9.64 Å². The van der Waals surface area contributed by atoms with Crippen molar-refractivity contribution in [1.82, 2.24) is 4.90 Å². The second-order valence-corrected chi connectivity index (χ2v) is 7.53. The minimum atomic E-state index is -0.307. The predicted molar refractivity (Wildman–Crippen MR) is 102 cm³/mol. The number of nitrogens with zero attached hydrogens (tertiary/aromatic N) is 2. The Balaban J connectivity index is 1.81. The monoisotopic (exact) mass is 388 g/mol. The number of rotatable bonds is 3. The van der Waals surface area contributed by atoms with E-state index in [2.05, 4.69) is 0 Å². The van der Waals surface area contributed by atoms with Crippen LogP contribution in [0.2, 0.25) is 5.02 Å². The number of hydrogen-bond acceptors (Lipinski definition) is 5. The highest BCUT2D eigenvalue weighted by Gasteiger charge is 2.43. The second-order valence-electron chi connectivity index (χ2n) is 6.18. The van der Waals surface area contributed by atoms with Crippen molar-refractivity contribution >= 4 is 46.0 Å². The molecule has 0 aliphatic carbocycles. The van der Waals surface area contributed by atoms with Crippen LogP contribution in [0.1, 0.15) is 10.4 Å². The molecule has 1 fully saturated rings. The Bertz CT molecular complexity index is 902. The molecule has 5 nitrogen and oxygen atoms in total. The third-order valence-corrected chi connectivity index (χ3v) is 5.86. The zero-order chi connectivity index (χ0) is 18.3. The Hall–Kier alpha value is -2.15. The lowest BCUT2D eigenvalue weighted by atomic mass is 10.1. The maximum atomic E-state index is 13.2. The largest absolute Gasteiger partial charge is 0.378 e. The Labute approximate surface area is 160 Å². The maximum Gasteiger partial charge on any atom is 0.282 e. The van der Waals surface area contributed by atoms with Gasteiger partial charge >= 0.3 is 0 Å². The zero-order valence-electron chi connectivity index (χ0n) is 14.2. The molecule has 1 aromatic heterocycles. The van der Waals surface area contributed by atoms with Gasteiger partial charge in [0.2, 0.25) is 0 Å². The third kappa shape index (κ3) is 2.84. The maximum absolute atomic E-state index is 13.2. The van der Waals surface area contributed by atoms with E-state index in [4.69, 9.17) is 16.3 Å². The lowest BCUT2D eigenvalue weighted by Crippen LogP contribution is -2.40. The van der Waals surface area contributed by atoms with E-state index in [1.807, 2.05) is 35.4 Å². The summed E-state index contributed by atoms with van der Waals surface area (Å²) < 4.78 is 5.40. The zero-order valence-corrected chi connectivity index (χ0v) is 15.8. The average Bonchev–Trinajstić information content (AvgIpc) is 3.25. The molecule has 7 heteroatoms. The summed E-state index contributed by atoms with van der Waals surface area (Å²) in [4.78, 5) is 30.4. The number of ether oxygens (including phenoxy) is 1. The fourth-order valence-corrected chi connectivity index (χ4v) is 4.13. The molecule has 4 rings (SSSR count). The molecule has 134 valence electrons. The van der Waals surface area contributed by atoms with Gasteiger partial charge in [-0.25, -0.2) is 4.90 Å². The smallest absolute Gasteiger partial charge is 0.282 e. The van der Waals surface area contributed by atoms with Gasteiger partial charge in [0.15, 0.2) is 0 Å². The van der Waals surface area contributed by atoms with Gasteiger partial charge in [0.25, 0.3) is 11.8 Å². The van der Waals surface area contributed by atoms with Gasteiger partial charge in [-0.2, -0.15) is 0 Å². The van der Waals surface area contributed by atoms with E-state index in [0.717, 1.165) is 10.4 Å². The van der Waals surface area contributed by atoms with Crippen LogP contribution in [0.4, 0.5) is 5.69 Å². The van der Waals surface area contributed by atoms with Crippen LogP contribution < -0.4 is 4.90 Å². The van der Waals surface area contributed by atoms with Gasteiger partial charge in [-0.1, -0.05) is 23.7 Å². The highest BCUT2D eigenvalue weighted by atomic mass is 35.5. The van der Waals surface area contributed by atoms with Gasteiger partial charge in [-0.15, -0.1) is 11.3 Å². The Kier molecular flexibility index (Phi) is 4.56. The van der Waals surface area contributed by atoms with Crippen molar-refractivity contribution in [3.05, 3.63) is 56.9 Å². The third-order valence-electron chi connectivity index (χ3n) is 4.57. The lowest BCUT2D eigenvalue weighted by molar-refractivity contribution is -0.121. The van der Waals surface area contributed by atoms with Crippen molar-refractivity contribution in [2.24, 2.45) is 0 Å². The number of amides is 2. The molecule has 0 saturated carbocycles. The minimum absolute atomic E-state index is 0.305. The molecular weight excluding hydrogens is 372 g/mol. The van der Waals surface area contributed by atoms with E-state index in [9.17, 15) is 9.59 Å². The first-order chi connectivity index (χ1) is 12.6. The second kappa shape index (κ2) is 6.87. The summed E-state index contributed by atoms with van der Waals surface area (Å²) in [5.74, 6) is -0.612. The molecule has 26 heavy (non-hydrogen) atoms. The number of imide groups is 1. The molecule has 0 atom stereocenters. The van der Waals surface area contributed by atoms with Crippen molar-refractivity contribution in [2.45, 2.75) is 6.92 Å². The van der Waals surface area contributed by atoms with Gasteiger partial charge in [0.05, 0.1) is 24.5 Å². The van der Waals surface area contributed by atoms with Crippen LogP contribution in [-0.4, -0.2) is 43.0 Å². The summed E-state index contributed by atoms with van der Waals surface area (Å²) in [6, 6.07) is 8.99. The molecule has 2 aliphatic rings. The molecule has 0 bridgehead atoms. The molecule has 1 saturated heterocycles.